The zero-order valence-corrected chi connectivity index (χ0v) is 14.1. The minimum atomic E-state index is -0.122. The van der Waals surface area contributed by atoms with Gasteiger partial charge in [0.05, 0.1) is 12.5 Å². The van der Waals surface area contributed by atoms with Crippen LogP contribution in [0.5, 0.6) is 0 Å². The molecule has 0 unspecified atom stereocenters. The van der Waals surface area contributed by atoms with Crippen LogP contribution in [0.2, 0.25) is 0 Å². The van der Waals surface area contributed by atoms with Crippen molar-refractivity contribution in [2.24, 2.45) is 0 Å². The molecule has 4 nitrogen and oxygen atoms in total. The maximum absolute atomic E-state index is 12.6. The topological polar surface area (TPSA) is 46.6 Å². The van der Waals surface area contributed by atoms with Crippen LogP contribution in [0.3, 0.4) is 0 Å². The predicted octanol–water partition coefficient (Wildman–Crippen LogP) is 4.58. The Morgan fingerprint density at radius 1 is 1.27 bits per heavy atom. The zero-order valence-electron chi connectivity index (χ0n) is 11.7. The van der Waals surface area contributed by atoms with Gasteiger partial charge >= 0.3 is 0 Å². The van der Waals surface area contributed by atoms with Gasteiger partial charge < -0.3 is 13.7 Å². The molecular formula is C16H14BrNO3S. The quantitative estimate of drug-likeness (QED) is 0.629. The maximum Gasteiger partial charge on any atom is 0.289 e. The number of amides is 1. The van der Waals surface area contributed by atoms with Gasteiger partial charge in [0, 0.05) is 23.5 Å². The summed E-state index contributed by atoms with van der Waals surface area (Å²) in [4.78, 5) is 15.7. The van der Waals surface area contributed by atoms with E-state index in [2.05, 4.69) is 22.0 Å². The van der Waals surface area contributed by atoms with E-state index in [1.165, 1.54) is 4.88 Å². The van der Waals surface area contributed by atoms with Gasteiger partial charge in [-0.25, -0.2) is 0 Å². The van der Waals surface area contributed by atoms with Crippen LogP contribution in [0.25, 0.3) is 0 Å². The predicted molar refractivity (Wildman–Crippen MR) is 87.9 cm³/mol. The number of carbonyl (C=O) groups excluding carboxylic acids is 1. The molecule has 0 radical (unpaired) electrons. The van der Waals surface area contributed by atoms with Gasteiger partial charge in [-0.2, -0.15) is 0 Å². The largest absolute Gasteiger partial charge is 0.472 e. The van der Waals surface area contributed by atoms with Gasteiger partial charge in [0.1, 0.15) is 0 Å². The van der Waals surface area contributed by atoms with Crippen LogP contribution in [0.1, 0.15) is 21.0 Å². The lowest BCUT2D eigenvalue weighted by Gasteiger charge is -2.20. The molecule has 3 aromatic rings. The van der Waals surface area contributed by atoms with Crippen molar-refractivity contribution in [3.63, 3.8) is 0 Å². The minimum absolute atomic E-state index is 0.122. The average Bonchev–Trinajstić information content (AvgIpc) is 3.25. The van der Waals surface area contributed by atoms with E-state index in [1.807, 2.05) is 17.5 Å². The molecule has 0 aromatic carbocycles. The summed E-state index contributed by atoms with van der Waals surface area (Å²) in [5, 5.41) is 2.04. The number of thiophene rings is 1. The molecule has 0 atom stereocenters. The van der Waals surface area contributed by atoms with Gasteiger partial charge in [0.25, 0.3) is 5.91 Å². The summed E-state index contributed by atoms with van der Waals surface area (Å²) in [5.41, 5.74) is 0.963. The van der Waals surface area contributed by atoms with Crippen molar-refractivity contribution in [1.82, 2.24) is 4.90 Å². The number of rotatable bonds is 6. The molecule has 0 saturated carbocycles. The van der Waals surface area contributed by atoms with Crippen molar-refractivity contribution < 1.29 is 13.6 Å². The molecule has 0 aliphatic rings. The van der Waals surface area contributed by atoms with E-state index in [9.17, 15) is 4.79 Å². The van der Waals surface area contributed by atoms with Gasteiger partial charge in [-0.05, 0) is 52.0 Å². The first-order valence-corrected chi connectivity index (χ1v) is 8.48. The number of hydrogen-bond acceptors (Lipinski definition) is 4. The molecule has 6 heteroatoms. The summed E-state index contributed by atoms with van der Waals surface area (Å²) in [6, 6.07) is 9.37. The summed E-state index contributed by atoms with van der Waals surface area (Å²) >= 11 is 4.93. The third-order valence-corrected chi connectivity index (χ3v) is 4.60. The van der Waals surface area contributed by atoms with Crippen LogP contribution < -0.4 is 0 Å². The van der Waals surface area contributed by atoms with E-state index in [4.69, 9.17) is 8.83 Å². The lowest BCUT2D eigenvalue weighted by Crippen LogP contribution is -2.32. The lowest BCUT2D eigenvalue weighted by atomic mass is 10.2. The van der Waals surface area contributed by atoms with E-state index >= 15 is 0 Å². The molecular weight excluding hydrogens is 366 g/mol. The minimum Gasteiger partial charge on any atom is -0.472 e. The van der Waals surface area contributed by atoms with Gasteiger partial charge in [-0.15, -0.1) is 11.3 Å². The van der Waals surface area contributed by atoms with E-state index < -0.39 is 0 Å². The normalized spacial score (nSPS) is 10.8. The summed E-state index contributed by atoms with van der Waals surface area (Å²) in [6.07, 6.45) is 4.09. The molecule has 22 heavy (non-hydrogen) atoms. The molecule has 0 saturated heterocycles. The van der Waals surface area contributed by atoms with Crippen molar-refractivity contribution in [2.75, 3.05) is 6.54 Å². The van der Waals surface area contributed by atoms with E-state index in [-0.39, 0.29) is 5.91 Å². The first kappa shape index (κ1) is 15.1. The van der Waals surface area contributed by atoms with Crippen LogP contribution in [-0.2, 0) is 13.0 Å². The van der Waals surface area contributed by atoms with Gasteiger partial charge in [-0.3, -0.25) is 4.79 Å². The molecule has 1 amide bonds. The number of nitrogens with zero attached hydrogens (tertiary/aromatic N) is 1. The second-order valence-electron chi connectivity index (χ2n) is 4.79. The molecule has 3 heterocycles. The lowest BCUT2D eigenvalue weighted by molar-refractivity contribution is 0.0711. The highest BCUT2D eigenvalue weighted by atomic mass is 79.9. The molecule has 114 valence electrons. The third-order valence-electron chi connectivity index (χ3n) is 3.23. The Labute approximate surface area is 140 Å². The molecule has 0 aliphatic carbocycles. The van der Waals surface area contributed by atoms with Gasteiger partial charge in [-0.1, -0.05) is 6.07 Å². The van der Waals surface area contributed by atoms with Gasteiger partial charge in [0.15, 0.2) is 10.4 Å². The smallest absolute Gasteiger partial charge is 0.289 e. The standard InChI is InChI=1S/C16H14BrNO3S/c17-15-4-3-14(21-15)16(19)18(10-12-6-8-20-11-12)7-5-13-2-1-9-22-13/h1-4,6,8-9,11H,5,7,10H2. The summed E-state index contributed by atoms with van der Waals surface area (Å²) in [5.74, 6) is 0.213. The van der Waals surface area contributed by atoms with Crippen LogP contribution >= 0.6 is 27.3 Å². The molecule has 0 N–H and O–H groups in total. The Hall–Kier alpha value is -1.79. The van der Waals surface area contributed by atoms with Crippen LogP contribution in [0.15, 0.2) is 61.7 Å². The number of halogens is 1. The Morgan fingerprint density at radius 2 is 2.18 bits per heavy atom. The van der Waals surface area contributed by atoms with E-state index in [1.54, 1.807) is 40.9 Å². The van der Waals surface area contributed by atoms with E-state index in [0.29, 0.717) is 23.5 Å². The van der Waals surface area contributed by atoms with Crippen molar-refractivity contribution in [3.05, 3.63) is 69.1 Å². The Bertz CT molecular complexity index is 719. The first-order valence-electron chi connectivity index (χ1n) is 6.80. The van der Waals surface area contributed by atoms with Crippen molar-refractivity contribution in [3.8, 4) is 0 Å². The first-order chi connectivity index (χ1) is 10.7. The average molecular weight is 380 g/mol. The molecule has 3 rings (SSSR count). The molecule has 0 aliphatic heterocycles. The fourth-order valence-corrected chi connectivity index (χ4v) is 3.15. The van der Waals surface area contributed by atoms with Crippen LogP contribution in [-0.4, -0.2) is 17.4 Å². The number of furan rings is 2. The summed E-state index contributed by atoms with van der Waals surface area (Å²) in [7, 11) is 0. The fourth-order valence-electron chi connectivity index (χ4n) is 2.14. The highest BCUT2D eigenvalue weighted by Crippen LogP contribution is 2.18. The third kappa shape index (κ3) is 3.69. The number of carbonyl (C=O) groups is 1. The Balaban J connectivity index is 1.74. The van der Waals surface area contributed by atoms with E-state index in [0.717, 1.165) is 12.0 Å². The molecule has 0 spiro atoms. The second kappa shape index (κ2) is 6.98. The molecule has 3 aromatic heterocycles. The number of hydrogen-bond donors (Lipinski definition) is 0. The molecule has 0 bridgehead atoms. The monoisotopic (exact) mass is 379 g/mol. The highest BCUT2D eigenvalue weighted by Gasteiger charge is 2.20. The summed E-state index contributed by atoms with van der Waals surface area (Å²) in [6.45, 7) is 1.13. The van der Waals surface area contributed by atoms with Crippen LogP contribution in [0.4, 0.5) is 0 Å². The Morgan fingerprint density at radius 3 is 2.82 bits per heavy atom. The van der Waals surface area contributed by atoms with Gasteiger partial charge in [0.2, 0.25) is 0 Å². The second-order valence-corrected chi connectivity index (χ2v) is 6.61. The maximum atomic E-state index is 12.6. The van der Waals surface area contributed by atoms with Crippen molar-refractivity contribution >= 4 is 33.2 Å². The fraction of sp³-hybridized carbons (Fsp3) is 0.188. The zero-order chi connectivity index (χ0) is 15.4. The summed E-state index contributed by atoms with van der Waals surface area (Å²) < 4.78 is 11.0. The highest BCUT2D eigenvalue weighted by molar-refractivity contribution is 9.10. The van der Waals surface area contributed by atoms with Crippen molar-refractivity contribution in [1.29, 1.82) is 0 Å². The van der Waals surface area contributed by atoms with Crippen molar-refractivity contribution in [2.45, 2.75) is 13.0 Å². The Kier molecular flexibility index (Phi) is 4.80. The SMILES string of the molecule is O=C(c1ccc(Br)o1)N(CCc1cccs1)Cc1ccoc1. The molecule has 0 fully saturated rings. The van der Waals surface area contributed by atoms with Crippen LogP contribution in [0, 0.1) is 0 Å².